The Balaban J connectivity index is 1.26. The molecule has 3 aromatic heterocycles. The van der Waals surface area contributed by atoms with Crippen molar-refractivity contribution in [2.24, 2.45) is 0 Å². The highest BCUT2D eigenvalue weighted by molar-refractivity contribution is 7.89. The molecule has 2 aliphatic rings. The number of halogens is 1. The number of carbonyl (C=O) groups excluding carboxylic acids is 1. The van der Waals surface area contributed by atoms with Gasteiger partial charge in [-0.15, -0.1) is 21.5 Å². The number of aryl methyl sites for hydroxylation is 1. The number of hydrogen-bond donors (Lipinski definition) is 2. The van der Waals surface area contributed by atoms with Crippen molar-refractivity contribution in [3.05, 3.63) is 50.7 Å². The van der Waals surface area contributed by atoms with Gasteiger partial charge in [0.15, 0.2) is 10.8 Å². The van der Waals surface area contributed by atoms with Gasteiger partial charge in [0.2, 0.25) is 0 Å². The van der Waals surface area contributed by atoms with E-state index in [4.69, 9.17) is 11.6 Å². The zero-order valence-corrected chi connectivity index (χ0v) is 23.0. The third-order valence-electron chi connectivity index (χ3n) is 7.08. The normalized spacial score (nSPS) is 19.2. The number of nitrogens with one attached hydrogen (secondary N) is 2. The fourth-order valence-corrected chi connectivity index (χ4v) is 7.84. The van der Waals surface area contributed by atoms with Gasteiger partial charge in [-0.05, 0) is 37.7 Å². The molecule has 15 heteroatoms. The van der Waals surface area contributed by atoms with Crippen LogP contribution in [-0.2, 0) is 29.4 Å². The van der Waals surface area contributed by atoms with Gasteiger partial charge >= 0.3 is 0 Å². The lowest BCUT2D eigenvalue weighted by atomic mass is 10.1. The lowest BCUT2D eigenvalue weighted by molar-refractivity contribution is 0.0550. The van der Waals surface area contributed by atoms with E-state index in [9.17, 15) is 13.2 Å². The maximum atomic E-state index is 13.7. The predicted molar refractivity (Wildman–Crippen MR) is 142 cm³/mol. The van der Waals surface area contributed by atoms with Crippen LogP contribution in [0.4, 0.5) is 0 Å². The smallest absolute Gasteiger partial charge is 0.283 e. The molecule has 0 aliphatic carbocycles. The summed E-state index contributed by atoms with van der Waals surface area (Å²) in [6, 6.07) is 6.41. The average molecular weight is 576 g/mol. The average Bonchev–Trinajstić information content (AvgIpc) is 3.66. The van der Waals surface area contributed by atoms with Crippen molar-refractivity contribution in [1.29, 1.82) is 0 Å². The van der Waals surface area contributed by atoms with Gasteiger partial charge < -0.3 is 14.8 Å². The first-order chi connectivity index (χ1) is 18.3. The van der Waals surface area contributed by atoms with Crippen LogP contribution in [0.1, 0.15) is 32.6 Å². The number of likely N-dealkylation sites (N-methyl/N-ethyl adjacent to an activating group) is 1. The molecule has 1 unspecified atom stereocenters. The summed E-state index contributed by atoms with van der Waals surface area (Å²) in [7, 11) is -1.78. The first kappa shape index (κ1) is 25.4. The summed E-state index contributed by atoms with van der Waals surface area (Å²) in [5.41, 5.74) is 1.67. The largest absolute Gasteiger partial charge is 0.345 e. The number of aromatic nitrogens is 6. The maximum Gasteiger partial charge on any atom is 0.283 e. The molecule has 0 spiro atoms. The molecule has 1 amide bonds. The summed E-state index contributed by atoms with van der Waals surface area (Å²) in [5.74, 6) is 0.347. The molecule has 200 valence electrons. The SMILES string of the molecule is CN1CCc2nc(C(=O)N3CCN(S(=O)(=O)c4cc5cc(Cl)ccc5[nH]4)CC3CCc3nn[nH]n3)sc2C1. The van der Waals surface area contributed by atoms with E-state index in [0.717, 1.165) is 35.5 Å². The number of fused-ring (bicyclic) bond motifs is 2. The van der Waals surface area contributed by atoms with Crippen molar-refractivity contribution in [1.82, 2.24) is 44.7 Å². The van der Waals surface area contributed by atoms with E-state index in [-0.39, 0.29) is 36.6 Å². The molecule has 1 aromatic carbocycles. The van der Waals surface area contributed by atoms with Gasteiger partial charge in [0.05, 0.1) is 5.69 Å². The lowest BCUT2D eigenvalue weighted by Crippen LogP contribution is -2.56. The van der Waals surface area contributed by atoms with Gasteiger partial charge in [0, 0.05) is 72.4 Å². The summed E-state index contributed by atoms with van der Waals surface area (Å²) >= 11 is 7.52. The van der Waals surface area contributed by atoms with E-state index >= 15 is 0 Å². The minimum atomic E-state index is -3.84. The van der Waals surface area contributed by atoms with E-state index in [2.05, 4.69) is 42.5 Å². The number of tetrazole rings is 1. The van der Waals surface area contributed by atoms with Crippen LogP contribution in [0.5, 0.6) is 0 Å². The second kappa shape index (κ2) is 10.0. The van der Waals surface area contributed by atoms with Crippen molar-refractivity contribution in [3.8, 4) is 0 Å². The third kappa shape index (κ3) is 4.82. The molecule has 1 fully saturated rings. The minimum absolute atomic E-state index is 0.100. The first-order valence-corrected chi connectivity index (χ1v) is 14.9. The fraction of sp³-hybridized carbons (Fsp3) is 0.435. The molecule has 6 rings (SSSR count). The van der Waals surface area contributed by atoms with Gasteiger partial charge in [-0.2, -0.15) is 9.52 Å². The molecule has 4 aromatic rings. The number of nitrogens with zero attached hydrogens (tertiary/aromatic N) is 7. The van der Waals surface area contributed by atoms with Crippen LogP contribution >= 0.6 is 22.9 Å². The summed E-state index contributed by atoms with van der Waals surface area (Å²) in [4.78, 5) is 26.4. The first-order valence-electron chi connectivity index (χ1n) is 12.3. The number of hydrogen-bond acceptors (Lipinski definition) is 9. The Morgan fingerprint density at radius 3 is 2.92 bits per heavy atom. The van der Waals surface area contributed by atoms with E-state index < -0.39 is 10.0 Å². The van der Waals surface area contributed by atoms with Gasteiger partial charge in [0.1, 0.15) is 5.03 Å². The number of piperazine rings is 1. The topological polar surface area (TPSA) is 144 Å². The standard InChI is InChI=1S/C23H26ClN9O3S2/c1-31-7-6-18-19(13-31)37-22(26-18)23(34)33-9-8-32(12-16(33)3-5-20-27-29-30-28-20)38(35,36)21-11-14-10-15(24)2-4-17(14)25-21/h2,4,10-11,16,25H,3,5-9,12-13H2,1H3,(H,27,28,29,30). The van der Waals surface area contributed by atoms with Crippen molar-refractivity contribution in [2.45, 2.75) is 36.9 Å². The molecule has 2 aliphatic heterocycles. The zero-order chi connectivity index (χ0) is 26.4. The fourth-order valence-electron chi connectivity index (χ4n) is 5.04. The third-order valence-corrected chi connectivity index (χ3v) is 10.2. The highest BCUT2D eigenvalue weighted by Crippen LogP contribution is 2.29. The van der Waals surface area contributed by atoms with Crippen molar-refractivity contribution in [2.75, 3.05) is 33.2 Å². The van der Waals surface area contributed by atoms with Crippen molar-refractivity contribution in [3.63, 3.8) is 0 Å². The molecule has 1 saturated heterocycles. The molecule has 12 nitrogen and oxygen atoms in total. The van der Waals surface area contributed by atoms with Crippen LogP contribution in [0.3, 0.4) is 0 Å². The van der Waals surface area contributed by atoms with Crippen LogP contribution < -0.4 is 0 Å². The van der Waals surface area contributed by atoms with Crippen molar-refractivity contribution >= 4 is 49.8 Å². The molecule has 2 N–H and O–H groups in total. The number of H-pyrrole nitrogens is 2. The number of benzene rings is 1. The van der Waals surface area contributed by atoms with Crippen molar-refractivity contribution < 1.29 is 13.2 Å². The quantitative estimate of drug-likeness (QED) is 0.355. The molecule has 0 bridgehead atoms. The molecular formula is C23H26ClN9O3S2. The Bertz CT molecular complexity index is 1580. The molecule has 1 atom stereocenters. The van der Waals surface area contributed by atoms with E-state index in [0.29, 0.717) is 34.2 Å². The Hall–Kier alpha value is -2.91. The zero-order valence-electron chi connectivity index (χ0n) is 20.6. The molecule has 0 saturated carbocycles. The number of rotatable bonds is 6. The summed E-state index contributed by atoms with van der Waals surface area (Å²) in [6.45, 7) is 2.27. The maximum absolute atomic E-state index is 13.7. The second-order valence-electron chi connectivity index (χ2n) is 9.62. The Morgan fingerprint density at radius 2 is 2.11 bits per heavy atom. The predicted octanol–water partition coefficient (Wildman–Crippen LogP) is 1.93. The highest BCUT2D eigenvalue weighted by Gasteiger charge is 2.38. The molecular weight excluding hydrogens is 550 g/mol. The van der Waals surface area contributed by atoms with Crippen LogP contribution in [-0.4, -0.2) is 98.3 Å². The lowest BCUT2D eigenvalue weighted by Gasteiger charge is -2.40. The summed E-state index contributed by atoms with van der Waals surface area (Å²) in [6.07, 6.45) is 1.74. The number of carbonyl (C=O) groups is 1. The number of thiazole rings is 1. The molecule has 5 heterocycles. The minimum Gasteiger partial charge on any atom is -0.345 e. The summed E-state index contributed by atoms with van der Waals surface area (Å²) < 4.78 is 28.7. The van der Waals surface area contributed by atoms with Gasteiger partial charge in [-0.3, -0.25) is 4.79 Å². The monoisotopic (exact) mass is 575 g/mol. The van der Waals surface area contributed by atoms with E-state index in [1.54, 1.807) is 29.2 Å². The molecule has 38 heavy (non-hydrogen) atoms. The molecule has 0 radical (unpaired) electrons. The van der Waals surface area contributed by atoms with Gasteiger partial charge in [0.25, 0.3) is 15.9 Å². The Morgan fingerprint density at radius 1 is 1.24 bits per heavy atom. The number of sulfonamides is 1. The van der Waals surface area contributed by atoms with Gasteiger partial charge in [-0.1, -0.05) is 16.8 Å². The Labute approximate surface area is 228 Å². The highest BCUT2D eigenvalue weighted by atomic mass is 35.5. The van der Waals surface area contributed by atoms with Crippen LogP contribution in [0.25, 0.3) is 10.9 Å². The van der Waals surface area contributed by atoms with E-state index in [1.165, 1.54) is 15.6 Å². The number of amides is 1. The summed E-state index contributed by atoms with van der Waals surface area (Å²) in [5, 5.41) is 15.9. The van der Waals surface area contributed by atoms with Crippen LogP contribution in [0, 0.1) is 0 Å². The van der Waals surface area contributed by atoms with Crippen LogP contribution in [0.2, 0.25) is 5.02 Å². The van der Waals surface area contributed by atoms with E-state index in [1.807, 2.05) is 0 Å². The number of aromatic amines is 2. The second-order valence-corrected chi connectivity index (χ2v) is 13.1. The van der Waals surface area contributed by atoms with Gasteiger partial charge in [-0.25, -0.2) is 13.4 Å². The van der Waals surface area contributed by atoms with Crippen LogP contribution in [0.15, 0.2) is 29.3 Å². The Kier molecular flexibility index (Phi) is 6.68.